The number of aromatic nitrogens is 2. The molecule has 0 N–H and O–H groups in total. The lowest BCUT2D eigenvalue weighted by molar-refractivity contribution is 0.104. The summed E-state index contributed by atoms with van der Waals surface area (Å²) in [6, 6.07) is 7.64. The van der Waals surface area contributed by atoms with Gasteiger partial charge in [-0.1, -0.05) is 0 Å². The van der Waals surface area contributed by atoms with E-state index in [1.54, 1.807) is 10.9 Å². The zero-order valence-corrected chi connectivity index (χ0v) is 12.0. The van der Waals surface area contributed by atoms with Crippen LogP contribution in [-0.2, 0) is 4.74 Å². The Balaban J connectivity index is 1.89. The number of rotatable bonds is 5. The van der Waals surface area contributed by atoms with Crippen LogP contribution in [0.4, 0.5) is 0 Å². The number of nitrogens with zero attached hydrogens (tertiary/aromatic N) is 2. The summed E-state index contributed by atoms with van der Waals surface area (Å²) < 4.78 is 12.8. The molecule has 5 heteroatoms. The molecule has 1 unspecified atom stereocenters. The largest absolute Gasteiger partial charge is 0.494 e. The predicted molar refractivity (Wildman–Crippen MR) is 78.0 cm³/mol. The van der Waals surface area contributed by atoms with Crippen LogP contribution in [0.1, 0.15) is 41.9 Å². The van der Waals surface area contributed by atoms with E-state index in [4.69, 9.17) is 9.47 Å². The molecule has 2 aromatic rings. The van der Waals surface area contributed by atoms with Gasteiger partial charge in [0.1, 0.15) is 17.5 Å². The number of carbonyl (C=O) groups excluding carboxylic acids is 1. The van der Waals surface area contributed by atoms with Crippen LogP contribution in [0.25, 0.3) is 5.69 Å². The van der Waals surface area contributed by atoms with Crippen LogP contribution in [0, 0.1) is 0 Å². The van der Waals surface area contributed by atoms with Gasteiger partial charge in [-0.25, -0.2) is 4.68 Å². The van der Waals surface area contributed by atoms with Crippen LogP contribution in [0.3, 0.4) is 0 Å². The summed E-state index contributed by atoms with van der Waals surface area (Å²) in [5.74, 6) is 0.823. The van der Waals surface area contributed by atoms with Crippen molar-refractivity contribution in [2.24, 2.45) is 0 Å². The summed E-state index contributed by atoms with van der Waals surface area (Å²) >= 11 is 0. The molecular formula is C16H18N2O3. The minimum absolute atomic E-state index is 0.0610. The maximum atomic E-state index is 11.2. The summed E-state index contributed by atoms with van der Waals surface area (Å²) in [4.78, 5) is 11.2. The van der Waals surface area contributed by atoms with Gasteiger partial charge in [0, 0.05) is 12.8 Å². The third-order valence-corrected chi connectivity index (χ3v) is 3.55. The summed E-state index contributed by atoms with van der Waals surface area (Å²) in [5.41, 5.74) is 2.22. The van der Waals surface area contributed by atoms with Crippen molar-refractivity contribution in [3.63, 3.8) is 0 Å². The topological polar surface area (TPSA) is 53.4 Å². The second-order valence-corrected chi connectivity index (χ2v) is 4.96. The maximum Gasteiger partial charge on any atom is 0.153 e. The van der Waals surface area contributed by atoms with E-state index in [0.717, 1.165) is 42.9 Å². The Hall–Kier alpha value is -2.14. The third-order valence-electron chi connectivity index (χ3n) is 3.55. The molecule has 1 saturated heterocycles. The number of ether oxygens (including phenoxy) is 2. The van der Waals surface area contributed by atoms with Gasteiger partial charge >= 0.3 is 0 Å². The average molecular weight is 286 g/mol. The average Bonchev–Trinajstić information content (AvgIpc) is 3.17. The fourth-order valence-corrected chi connectivity index (χ4v) is 2.53. The third kappa shape index (κ3) is 2.83. The van der Waals surface area contributed by atoms with Crippen LogP contribution in [0.5, 0.6) is 5.75 Å². The molecule has 0 bridgehead atoms. The highest BCUT2D eigenvalue weighted by molar-refractivity contribution is 5.76. The quantitative estimate of drug-likeness (QED) is 0.793. The van der Waals surface area contributed by atoms with E-state index in [1.807, 2.05) is 31.2 Å². The van der Waals surface area contributed by atoms with Crippen LogP contribution in [-0.4, -0.2) is 29.3 Å². The van der Waals surface area contributed by atoms with E-state index in [-0.39, 0.29) is 6.10 Å². The van der Waals surface area contributed by atoms with Gasteiger partial charge < -0.3 is 9.47 Å². The highest BCUT2D eigenvalue weighted by Gasteiger charge is 2.24. The number of hydrogen-bond donors (Lipinski definition) is 0. The number of benzene rings is 1. The Labute approximate surface area is 123 Å². The Morgan fingerprint density at radius 3 is 2.86 bits per heavy atom. The normalized spacial score (nSPS) is 17.9. The lowest BCUT2D eigenvalue weighted by Gasteiger charge is -2.07. The van der Waals surface area contributed by atoms with E-state index in [1.165, 1.54) is 0 Å². The van der Waals surface area contributed by atoms with Gasteiger partial charge in [-0.05, 0) is 44.0 Å². The highest BCUT2D eigenvalue weighted by atomic mass is 16.5. The summed E-state index contributed by atoms with van der Waals surface area (Å²) in [5, 5.41) is 4.53. The van der Waals surface area contributed by atoms with Crippen LogP contribution < -0.4 is 4.74 Å². The van der Waals surface area contributed by atoms with Gasteiger partial charge in [-0.2, -0.15) is 5.10 Å². The molecule has 1 aliphatic rings. The van der Waals surface area contributed by atoms with Gasteiger partial charge in [0.25, 0.3) is 0 Å². The van der Waals surface area contributed by atoms with Crippen LogP contribution >= 0.6 is 0 Å². The molecule has 0 radical (unpaired) electrons. The number of carbonyl (C=O) groups is 1. The van der Waals surface area contributed by atoms with E-state index in [9.17, 15) is 4.79 Å². The smallest absolute Gasteiger partial charge is 0.153 e. The molecule has 1 aliphatic heterocycles. The van der Waals surface area contributed by atoms with Crippen molar-refractivity contribution in [3.05, 3.63) is 41.7 Å². The summed E-state index contributed by atoms with van der Waals surface area (Å²) in [6.07, 6.45) is 4.46. The highest BCUT2D eigenvalue weighted by Crippen LogP contribution is 2.29. The van der Waals surface area contributed by atoms with Crippen LogP contribution in [0.15, 0.2) is 30.5 Å². The van der Waals surface area contributed by atoms with E-state index < -0.39 is 0 Å². The molecule has 0 amide bonds. The second kappa shape index (κ2) is 6.10. The Morgan fingerprint density at radius 1 is 1.43 bits per heavy atom. The molecule has 1 atom stereocenters. The summed E-state index contributed by atoms with van der Waals surface area (Å²) in [7, 11) is 0. The zero-order chi connectivity index (χ0) is 14.7. The molecule has 1 aromatic carbocycles. The fraction of sp³-hybridized carbons (Fsp3) is 0.375. The van der Waals surface area contributed by atoms with Crippen molar-refractivity contribution in [1.29, 1.82) is 0 Å². The Morgan fingerprint density at radius 2 is 2.24 bits per heavy atom. The van der Waals surface area contributed by atoms with Crippen molar-refractivity contribution in [2.45, 2.75) is 25.9 Å². The van der Waals surface area contributed by atoms with Crippen LogP contribution in [0.2, 0.25) is 0 Å². The lowest BCUT2D eigenvalue weighted by atomic mass is 10.1. The van der Waals surface area contributed by atoms with E-state index >= 15 is 0 Å². The molecule has 1 aromatic heterocycles. The molecule has 0 spiro atoms. The van der Waals surface area contributed by atoms with Crippen molar-refractivity contribution < 1.29 is 14.3 Å². The first kappa shape index (κ1) is 13.8. The van der Waals surface area contributed by atoms with Gasteiger partial charge in [0.05, 0.1) is 17.9 Å². The van der Waals surface area contributed by atoms with Gasteiger partial charge in [0.15, 0.2) is 6.29 Å². The Bertz CT molecular complexity index is 613. The van der Waals surface area contributed by atoms with Crippen molar-refractivity contribution in [3.8, 4) is 11.4 Å². The van der Waals surface area contributed by atoms with Crippen molar-refractivity contribution in [1.82, 2.24) is 9.78 Å². The molecule has 21 heavy (non-hydrogen) atoms. The molecule has 0 saturated carbocycles. The minimum Gasteiger partial charge on any atom is -0.494 e. The molecule has 3 rings (SSSR count). The SMILES string of the molecule is CCOc1ccc(-n2cc(C=O)c(C3CCCO3)n2)cc1. The van der Waals surface area contributed by atoms with Gasteiger partial charge in [-0.3, -0.25) is 4.79 Å². The molecule has 110 valence electrons. The zero-order valence-electron chi connectivity index (χ0n) is 12.0. The molecular weight excluding hydrogens is 268 g/mol. The summed E-state index contributed by atoms with van der Waals surface area (Å²) in [6.45, 7) is 3.32. The first-order chi connectivity index (χ1) is 10.3. The number of hydrogen-bond acceptors (Lipinski definition) is 4. The van der Waals surface area contributed by atoms with Crippen molar-refractivity contribution in [2.75, 3.05) is 13.2 Å². The van der Waals surface area contributed by atoms with E-state index in [2.05, 4.69) is 5.10 Å². The molecule has 1 fully saturated rings. The minimum atomic E-state index is -0.0610. The van der Waals surface area contributed by atoms with Crippen molar-refractivity contribution >= 4 is 6.29 Å². The Kier molecular flexibility index (Phi) is 4.01. The van der Waals surface area contributed by atoms with Gasteiger partial charge in [0.2, 0.25) is 0 Å². The first-order valence-corrected chi connectivity index (χ1v) is 7.21. The standard InChI is InChI=1S/C16H18N2O3/c1-2-20-14-7-5-13(6-8-14)18-10-12(11-19)16(17-18)15-4-3-9-21-15/h5-8,10-11,15H,2-4,9H2,1H3. The second-order valence-electron chi connectivity index (χ2n) is 4.96. The maximum absolute atomic E-state index is 11.2. The monoisotopic (exact) mass is 286 g/mol. The van der Waals surface area contributed by atoms with E-state index in [0.29, 0.717) is 12.2 Å². The predicted octanol–water partition coefficient (Wildman–Crippen LogP) is 2.94. The lowest BCUT2D eigenvalue weighted by Crippen LogP contribution is -2.02. The molecule has 5 nitrogen and oxygen atoms in total. The fourth-order valence-electron chi connectivity index (χ4n) is 2.53. The first-order valence-electron chi connectivity index (χ1n) is 7.21. The molecule has 0 aliphatic carbocycles. The van der Waals surface area contributed by atoms with Gasteiger partial charge in [-0.15, -0.1) is 0 Å². The molecule has 2 heterocycles. The number of aldehydes is 1.